The molecule has 0 bridgehead atoms. The molecule has 0 saturated heterocycles. The second-order valence-corrected chi connectivity index (χ2v) is 49.0. The Labute approximate surface area is 216 Å². The van der Waals surface area contributed by atoms with Crippen molar-refractivity contribution in [1.29, 1.82) is 0 Å². The number of rotatable bonds is 7. The monoisotopic (exact) mass is 579 g/mol. The SMILES string of the molecule is [2H][C@@H]1[C@@H]([2H])C=[C]2C(=C(c3ccccc3)[O][Ge]2([CH]([Si](C)(C)C)[Si](C)(C)C)[CH]([Si](C)(C)C)[Si](C)(C)C)[C@@H]1[2H]. The molecule has 1 heterocycles. The van der Waals surface area contributed by atoms with Gasteiger partial charge in [-0.1, -0.05) is 0 Å². The maximum atomic E-state index is 9.29. The zero-order valence-corrected chi connectivity index (χ0v) is 29.4. The van der Waals surface area contributed by atoms with Crippen LogP contribution in [-0.2, 0) is 3.76 Å². The molecule has 0 unspecified atom stereocenters. The number of allylic oxidation sites excluding steroid dienone is 3. The van der Waals surface area contributed by atoms with Gasteiger partial charge in [0.25, 0.3) is 0 Å². The fourth-order valence-corrected chi connectivity index (χ4v) is 83.5. The molecule has 2 aliphatic rings. The molecule has 0 spiro atoms. The van der Waals surface area contributed by atoms with Gasteiger partial charge in [-0.05, 0) is 0 Å². The van der Waals surface area contributed by atoms with Crippen LogP contribution in [0.2, 0.25) is 86.6 Å². The summed E-state index contributed by atoms with van der Waals surface area (Å²) in [6.07, 6.45) is 0.0266. The van der Waals surface area contributed by atoms with Crippen LogP contribution in [0.3, 0.4) is 0 Å². The van der Waals surface area contributed by atoms with Gasteiger partial charge < -0.3 is 0 Å². The van der Waals surface area contributed by atoms with Gasteiger partial charge in [-0.15, -0.1) is 0 Å². The average Bonchev–Trinajstić information content (AvgIpc) is 2.96. The first-order valence-corrected chi connectivity index (χ1v) is 31.3. The zero-order valence-electron chi connectivity index (χ0n) is 26.3. The number of hydrogen-bond acceptors (Lipinski definition) is 1. The molecule has 3 atom stereocenters. The summed E-state index contributed by atoms with van der Waals surface area (Å²) in [5, 5.41) is 0. The third-order valence-corrected chi connectivity index (χ3v) is 62.7. The summed E-state index contributed by atoms with van der Waals surface area (Å²) in [5.74, 6) is 0.911. The van der Waals surface area contributed by atoms with Crippen molar-refractivity contribution in [2.45, 2.75) is 106 Å². The molecule has 1 aliphatic heterocycles. The van der Waals surface area contributed by atoms with Crippen molar-refractivity contribution in [3.05, 3.63) is 52.0 Å². The molecular formula is C27H50GeOSi4. The van der Waals surface area contributed by atoms with Crippen molar-refractivity contribution in [2.75, 3.05) is 0 Å². The molecule has 184 valence electrons. The van der Waals surface area contributed by atoms with Gasteiger partial charge in [-0.25, -0.2) is 0 Å². The van der Waals surface area contributed by atoms with E-state index < -0.39 is 65.1 Å². The fraction of sp³-hybridized carbons (Fsp3) is 0.630. The minimum atomic E-state index is -3.53. The quantitative estimate of drug-likeness (QED) is 0.293. The second-order valence-electron chi connectivity index (χ2n) is 14.5. The molecule has 0 radical (unpaired) electrons. The van der Waals surface area contributed by atoms with E-state index in [1.165, 1.54) is 4.41 Å². The van der Waals surface area contributed by atoms with Gasteiger partial charge in [0.1, 0.15) is 0 Å². The van der Waals surface area contributed by atoms with Crippen LogP contribution in [0.5, 0.6) is 0 Å². The molecule has 1 nitrogen and oxygen atoms in total. The summed E-state index contributed by atoms with van der Waals surface area (Å²) in [5.41, 5.74) is 2.06. The predicted octanol–water partition coefficient (Wildman–Crippen LogP) is 9.27. The van der Waals surface area contributed by atoms with Crippen molar-refractivity contribution < 1.29 is 7.88 Å². The van der Waals surface area contributed by atoms with Gasteiger partial charge in [0.2, 0.25) is 0 Å². The second kappa shape index (κ2) is 9.09. The van der Waals surface area contributed by atoms with E-state index in [4.69, 9.17) is 6.51 Å². The Hall–Kier alpha value is -0.0896. The van der Waals surface area contributed by atoms with Gasteiger partial charge in [0.15, 0.2) is 0 Å². The molecule has 0 fully saturated rings. The Morgan fingerprint density at radius 3 is 1.64 bits per heavy atom. The molecule has 0 N–H and O–H groups in total. The predicted molar refractivity (Wildman–Crippen MR) is 163 cm³/mol. The van der Waals surface area contributed by atoms with Crippen molar-refractivity contribution in [3.63, 3.8) is 0 Å². The first-order chi connectivity index (χ1) is 16.1. The Morgan fingerprint density at radius 1 is 0.758 bits per heavy atom. The van der Waals surface area contributed by atoms with Crippen LogP contribution < -0.4 is 0 Å². The standard InChI is InChI=1S/C27H50GeOSi4/c1-30(2,3)26(31(4,5)6)28(27(32(7,8)9)33(10,11)12)24-21-17-16-20-23(24)25(29-28)22-18-14-13-15-19-22/h13-15,18-19,21,26-27H,16-17,20H2,1-12H3/i16D,17D,20D/t16-,17-,20-/m1/s1. The summed E-state index contributed by atoms with van der Waals surface area (Å²) < 4.78 is 37.4. The van der Waals surface area contributed by atoms with Crippen molar-refractivity contribution in [1.82, 2.24) is 0 Å². The van der Waals surface area contributed by atoms with E-state index in [1.807, 2.05) is 6.07 Å². The van der Waals surface area contributed by atoms with E-state index in [0.29, 0.717) is 7.99 Å². The summed E-state index contributed by atoms with van der Waals surface area (Å²) >= 11 is -3.53. The van der Waals surface area contributed by atoms with E-state index in [2.05, 4.69) is 109 Å². The third kappa shape index (κ3) is 5.23. The Balaban J connectivity index is 2.55. The van der Waals surface area contributed by atoms with E-state index in [1.54, 1.807) is 0 Å². The van der Waals surface area contributed by atoms with E-state index >= 15 is 0 Å². The molecule has 0 amide bonds. The fourth-order valence-electron chi connectivity index (χ4n) is 7.87. The average molecular weight is 579 g/mol. The number of benzene rings is 1. The molecule has 6 heteroatoms. The molecule has 0 aromatic heterocycles. The minimum absolute atomic E-state index is 0.609. The van der Waals surface area contributed by atoms with E-state index in [-0.39, 0.29) is 0 Å². The van der Waals surface area contributed by atoms with E-state index in [9.17, 15) is 1.37 Å². The molecule has 3 rings (SSSR count). The van der Waals surface area contributed by atoms with Crippen LogP contribution in [0.15, 0.2) is 46.4 Å². The van der Waals surface area contributed by atoms with Crippen molar-refractivity contribution >= 4 is 51.7 Å². The van der Waals surface area contributed by atoms with Crippen LogP contribution in [0, 0.1) is 0 Å². The first-order valence-electron chi connectivity index (χ1n) is 14.4. The summed E-state index contributed by atoms with van der Waals surface area (Å²) in [6, 6.07) is 10.4. The van der Waals surface area contributed by atoms with Gasteiger partial charge in [-0.2, -0.15) is 0 Å². The molecule has 33 heavy (non-hydrogen) atoms. The van der Waals surface area contributed by atoms with Crippen molar-refractivity contribution in [2.24, 2.45) is 0 Å². The Bertz CT molecular complexity index is 972. The number of hydrogen-bond donors (Lipinski definition) is 0. The first kappa shape index (κ1) is 23.3. The summed E-state index contributed by atoms with van der Waals surface area (Å²) in [4.78, 5) is 0. The van der Waals surface area contributed by atoms with Crippen LogP contribution in [0.25, 0.3) is 5.76 Å². The molecule has 1 aromatic carbocycles. The maximum absolute atomic E-state index is 9.29. The molecular weight excluding hydrogens is 525 g/mol. The molecule has 1 aromatic rings. The van der Waals surface area contributed by atoms with Crippen LogP contribution >= 0.6 is 0 Å². The van der Waals surface area contributed by atoms with Crippen LogP contribution in [0.1, 0.15) is 28.9 Å². The third-order valence-electron chi connectivity index (χ3n) is 7.22. The molecule has 0 saturated carbocycles. The summed E-state index contributed by atoms with van der Waals surface area (Å²) in [7, 11) is -6.88. The molecule has 1 aliphatic carbocycles. The zero-order chi connectivity index (χ0) is 27.6. The normalized spacial score (nSPS) is 27.6. The topological polar surface area (TPSA) is 9.23 Å². The van der Waals surface area contributed by atoms with Crippen LogP contribution in [0.4, 0.5) is 0 Å². The Kier molecular flexibility index (Phi) is 6.42. The van der Waals surface area contributed by atoms with Crippen LogP contribution in [-0.4, -0.2) is 45.9 Å². The van der Waals surface area contributed by atoms with Gasteiger partial charge in [0.05, 0.1) is 0 Å². The Morgan fingerprint density at radius 2 is 1.21 bits per heavy atom. The van der Waals surface area contributed by atoms with Gasteiger partial charge in [-0.3, -0.25) is 0 Å². The number of fused-ring (bicyclic) bond motifs is 1. The van der Waals surface area contributed by atoms with Gasteiger partial charge in [0, 0.05) is 0 Å². The summed E-state index contributed by atoms with van der Waals surface area (Å²) in [6.45, 7) is 30.7. The van der Waals surface area contributed by atoms with Crippen molar-refractivity contribution in [3.8, 4) is 0 Å². The van der Waals surface area contributed by atoms with E-state index in [0.717, 1.165) is 16.9 Å². The van der Waals surface area contributed by atoms with Gasteiger partial charge >= 0.3 is 217 Å².